The van der Waals surface area contributed by atoms with E-state index >= 15 is 0 Å². The molecular weight excluding hydrogens is 1310 g/mol. The Hall–Kier alpha value is -7.42. The summed E-state index contributed by atoms with van der Waals surface area (Å²) in [6, 6.07) is -14.0. The first-order valence-corrected chi connectivity index (χ1v) is 37.7. The van der Waals surface area contributed by atoms with Gasteiger partial charge in [-0.05, 0) is 149 Å². The molecule has 12 atom stereocenters. The zero-order chi connectivity index (χ0) is 77.2. The molecule has 3 aliphatic heterocycles. The molecule has 0 aromatic rings. The van der Waals surface area contributed by atoms with Crippen LogP contribution < -0.4 is 63.8 Å². The number of nitrogens with zero attached hydrogens (tertiary/aromatic N) is 2. The molecule has 0 aromatic carbocycles. The highest BCUT2D eigenvalue weighted by molar-refractivity contribution is 6.00. The third-order valence-electron chi connectivity index (χ3n) is 17.9. The molecule has 28 heteroatoms. The molecule has 12 N–H and O–H groups in total. The van der Waals surface area contributed by atoms with Gasteiger partial charge in [-0.3, -0.25) is 67.1 Å². The van der Waals surface area contributed by atoms with Gasteiger partial charge in [0.1, 0.15) is 72.5 Å². The number of amides is 14. The van der Waals surface area contributed by atoms with Crippen molar-refractivity contribution < 1.29 is 67.1 Å². The molecule has 14 amide bonds. The fraction of sp³-hybridized carbons (Fsp3) is 0.811. The van der Waals surface area contributed by atoms with E-state index in [1.54, 1.807) is 0 Å². The summed E-state index contributed by atoms with van der Waals surface area (Å²) in [4.78, 5) is 204. The van der Waals surface area contributed by atoms with Crippen LogP contribution in [0.5, 0.6) is 0 Å². The van der Waals surface area contributed by atoms with Gasteiger partial charge in [0.2, 0.25) is 82.7 Å². The maximum absolute atomic E-state index is 14.7. The molecule has 0 bridgehead atoms. The summed E-state index contributed by atoms with van der Waals surface area (Å²) < 4.78 is 0. The van der Waals surface area contributed by atoms with Crippen molar-refractivity contribution in [2.45, 2.75) is 301 Å². The fourth-order valence-corrected chi connectivity index (χ4v) is 13.3. The van der Waals surface area contributed by atoms with Crippen LogP contribution in [0.25, 0.3) is 0 Å². The molecule has 3 rings (SSSR count). The largest absolute Gasteiger partial charge is 0.345 e. The Morgan fingerprint density at radius 1 is 0.245 bits per heavy atom. The summed E-state index contributed by atoms with van der Waals surface area (Å²) >= 11 is 0. The molecule has 3 aliphatic rings. The van der Waals surface area contributed by atoms with E-state index in [1.165, 1.54) is 9.80 Å². The van der Waals surface area contributed by atoms with E-state index in [0.29, 0.717) is 12.8 Å². The highest BCUT2D eigenvalue weighted by Crippen LogP contribution is 2.24. The molecule has 28 nitrogen and oxygen atoms in total. The molecular formula is C74H130N14O14. The number of rotatable bonds is 20. The van der Waals surface area contributed by atoms with Crippen LogP contribution in [0, 0.1) is 59.2 Å². The Morgan fingerprint density at radius 3 is 0.618 bits per heavy atom. The van der Waals surface area contributed by atoms with Crippen LogP contribution in [0.3, 0.4) is 0 Å². The predicted molar refractivity (Wildman–Crippen MR) is 389 cm³/mol. The van der Waals surface area contributed by atoms with Crippen LogP contribution >= 0.6 is 0 Å². The normalized spacial score (nSPS) is 26.8. The highest BCUT2D eigenvalue weighted by Gasteiger charge is 2.43. The molecule has 580 valence electrons. The van der Waals surface area contributed by atoms with Gasteiger partial charge in [-0.2, -0.15) is 0 Å². The van der Waals surface area contributed by atoms with Gasteiger partial charge in [0.15, 0.2) is 0 Å². The van der Waals surface area contributed by atoms with Crippen LogP contribution in [0.1, 0.15) is 228 Å². The van der Waals surface area contributed by atoms with Crippen molar-refractivity contribution >= 4 is 82.7 Å². The first kappa shape index (κ1) is 88.8. The maximum atomic E-state index is 14.7. The van der Waals surface area contributed by atoms with Crippen LogP contribution in [-0.2, 0) is 67.1 Å². The van der Waals surface area contributed by atoms with Gasteiger partial charge in [-0.15, -0.1) is 0 Å². The molecule has 3 heterocycles. The average molecular weight is 1440 g/mol. The van der Waals surface area contributed by atoms with Gasteiger partial charge in [0.05, 0.1) is 13.1 Å². The van der Waals surface area contributed by atoms with Gasteiger partial charge < -0.3 is 73.6 Å². The fourth-order valence-electron chi connectivity index (χ4n) is 13.3. The minimum atomic E-state index is -1.23. The quantitative estimate of drug-likeness (QED) is 0.0830. The van der Waals surface area contributed by atoms with E-state index in [9.17, 15) is 67.1 Å². The van der Waals surface area contributed by atoms with Crippen molar-refractivity contribution in [2.75, 3.05) is 26.2 Å². The highest BCUT2D eigenvalue weighted by atomic mass is 16.2. The number of carbonyl (C=O) groups is 14. The first-order valence-electron chi connectivity index (χ1n) is 37.7. The zero-order valence-corrected chi connectivity index (χ0v) is 65.0. The predicted octanol–water partition coefficient (Wildman–Crippen LogP) is 3.52. The molecule has 0 spiro atoms. The minimum Gasteiger partial charge on any atom is -0.345 e. The summed E-state index contributed by atoms with van der Waals surface area (Å²) in [5, 5.41) is 33.6. The van der Waals surface area contributed by atoms with Crippen molar-refractivity contribution in [3.8, 4) is 0 Å². The summed E-state index contributed by atoms with van der Waals surface area (Å²) in [5.41, 5.74) is 0. The van der Waals surface area contributed by atoms with E-state index < -0.39 is 168 Å². The Labute approximate surface area is 607 Å². The van der Waals surface area contributed by atoms with E-state index in [-0.39, 0.29) is 149 Å². The zero-order valence-electron chi connectivity index (χ0n) is 65.0. The molecule has 0 radical (unpaired) electrons. The lowest BCUT2D eigenvalue weighted by Crippen LogP contribution is -2.61. The van der Waals surface area contributed by atoms with E-state index in [0.717, 1.165) is 0 Å². The second-order valence-corrected chi connectivity index (χ2v) is 32.8. The Morgan fingerprint density at radius 2 is 0.412 bits per heavy atom. The lowest BCUT2D eigenvalue weighted by molar-refractivity contribution is -0.143. The molecule has 0 aliphatic carbocycles. The number of carbonyl (C=O) groups excluding carboxylic acids is 14. The van der Waals surface area contributed by atoms with Crippen molar-refractivity contribution in [1.29, 1.82) is 0 Å². The Kier molecular flexibility index (Phi) is 37.4. The van der Waals surface area contributed by atoms with E-state index in [2.05, 4.69) is 63.8 Å². The third kappa shape index (κ3) is 30.9. The number of hydrogen-bond donors (Lipinski definition) is 12. The van der Waals surface area contributed by atoms with Gasteiger partial charge in [0, 0.05) is 13.1 Å². The van der Waals surface area contributed by atoms with Gasteiger partial charge >= 0.3 is 0 Å². The maximum Gasteiger partial charge on any atom is 0.245 e. The summed E-state index contributed by atoms with van der Waals surface area (Å²) in [5.74, 6) is -11.0. The van der Waals surface area contributed by atoms with Crippen molar-refractivity contribution in [2.24, 2.45) is 59.2 Å². The average Bonchev–Trinajstić information content (AvgIpc) is 1.63. The summed E-state index contributed by atoms with van der Waals surface area (Å²) in [6.45, 7) is 36.3. The van der Waals surface area contributed by atoms with Crippen LogP contribution in [-0.4, -0.2) is 191 Å². The lowest BCUT2D eigenvalue weighted by Gasteiger charge is -2.31. The molecule has 0 unspecified atom stereocenters. The standard InChI is InChI=1S/C74H130N14O14/c1-39(2)27-49-63(91)79-50(28-40(3)4)64(92)80-51(29-41(5)6)65(93)81-52(30-42(7)8)66(94)82-53(31-43(9)10)67(95)83-54(32-44(11)12)68(96)84-55(33-45(13)14)69(97)85-56(34-46(15)16)70(98)86-58(36-48(19)20)74(102)88-26-22-24-60(88)72(100)76-38-62(90)78-57(35-47(17)18)73(101)87-25-21-23-59(87)71(99)75-37-61(89)77-49/h39-60H,21-38H2,1-20H3,(H,75,99)(H,76,100)(H,77,89)(H,78,90)(H,79,91)(H,80,92)(H,81,93)(H,82,94)(H,83,95)(H,84,96)(H,85,97)(H,86,98)/t49-,50+,51-,52+,53-,54+,55-,56+,57-,58-,59+,60+/m0/s1. The SMILES string of the molecule is CC(C)C[C@@H]1NC(=O)CNC(=O)[C@H]2CCCN2C(=O)[C@H](CC(C)C)NC(=O)CNC(=O)[C@H]2CCCN2C(=O)[C@H](CC(C)C)NC(=O)[C@@H](CC(C)C)NC(=O)[C@H](CC(C)C)NC(=O)[C@@H](CC(C)C)NC(=O)[C@H](CC(C)C)NC(=O)[C@@H](CC(C)C)NC(=O)[C@H](CC(C)C)NC(=O)[C@@H](CC(C)C)NC1=O. The smallest absolute Gasteiger partial charge is 0.245 e. The molecule has 3 fully saturated rings. The van der Waals surface area contributed by atoms with Crippen LogP contribution in [0.2, 0.25) is 0 Å². The molecule has 0 saturated carbocycles. The third-order valence-corrected chi connectivity index (χ3v) is 17.9. The Bertz CT molecular complexity index is 2840. The second-order valence-electron chi connectivity index (χ2n) is 32.8. The number of fused-ring (bicyclic) bond motifs is 2. The van der Waals surface area contributed by atoms with Crippen LogP contribution in [0.4, 0.5) is 0 Å². The first-order chi connectivity index (χ1) is 47.6. The minimum absolute atomic E-state index is 0.111. The van der Waals surface area contributed by atoms with Crippen LogP contribution in [0.15, 0.2) is 0 Å². The summed E-state index contributed by atoms with van der Waals surface area (Å²) in [6.07, 6.45) is 2.61. The number of nitrogens with one attached hydrogen (secondary N) is 12. The molecule has 3 saturated heterocycles. The Balaban J connectivity index is 2.19. The number of hydrogen-bond acceptors (Lipinski definition) is 14. The van der Waals surface area contributed by atoms with Crippen molar-refractivity contribution in [3.05, 3.63) is 0 Å². The topological polar surface area (TPSA) is 390 Å². The second kappa shape index (κ2) is 43.0. The van der Waals surface area contributed by atoms with Gasteiger partial charge in [-0.25, -0.2) is 0 Å². The lowest BCUT2D eigenvalue weighted by atomic mass is 9.97. The summed E-state index contributed by atoms with van der Waals surface area (Å²) in [7, 11) is 0. The van der Waals surface area contributed by atoms with Gasteiger partial charge in [0.25, 0.3) is 0 Å². The molecule has 102 heavy (non-hydrogen) atoms. The van der Waals surface area contributed by atoms with Crippen molar-refractivity contribution in [3.63, 3.8) is 0 Å². The van der Waals surface area contributed by atoms with E-state index in [1.807, 2.05) is 138 Å². The monoisotopic (exact) mass is 1440 g/mol. The van der Waals surface area contributed by atoms with Gasteiger partial charge in [-0.1, -0.05) is 138 Å². The molecule has 0 aromatic heterocycles. The van der Waals surface area contributed by atoms with Crippen molar-refractivity contribution in [1.82, 2.24) is 73.6 Å². The van der Waals surface area contributed by atoms with E-state index in [4.69, 9.17) is 0 Å².